The van der Waals surface area contributed by atoms with E-state index in [-0.39, 0.29) is 12.0 Å². The monoisotopic (exact) mass is 137 g/mol. The zero-order chi connectivity index (χ0) is 8.04. The Morgan fingerprint density at radius 3 is 2.50 bits per heavy atom. The standard InChI is InChI=1S/C7H11N3/c1-7(2,3)5-4-6-9-10-8/h6H2,1-3H3. The Hall–Kier alpha value is -1.13. The van der Waals surface area contributed by atoms with Gasteiger partial charge in [0, 0.05) is 10.3 Å². The molecule has 10 heavy (non-hydrogen) atoms. The zero-order valence-electron chi connectivity index (χ0n) is 6.55. The summed E-state index contributed by atoms with van der Waals surface area (Å²) < 4.78 is 0. The molecular formula is C7H11N3. The van der Waals surface area contributed by atoms with Crippen molar-refractivity contribution in [1.82, 2.24) is 0 Å². The second-order valence-corrected chi connectivity index (χ2v) is 2.94. The van der Waals surface area contributed by atoms with E-state index in [0.29, 0.717) is 0 Å². The molecule has 0 aliphatic rings. The van der Waals surface area contributed by atoms with Crippen LogP contribution in [0, 0.1) is 17.3 Å². The second-order valence-electron chi connectivity index (χ2n) is 2.94. The third-order valence-corrected chi connectivity index (χ3v) is 0.676. The highest BCUT2D eigenvalue weighted by Crippen LogP contribution is 2.09. The van der Waals surface area contributed by atoms with Gasteiger partial charge in [-0.05, 0) is 26.3 Å². The lowest BCUT2D eigenvalue weighted by Crippen LogP contribution is -1.99. The first-order valence-corrected chi connectivity index (χ1v) is 3.07. The fourth-order valence-electron chi connectivity index (χ4n) is 0.372. The fraction of sp³-hybridized carbons (Fsp3) is 0.714. The molecular weight excluding hydrogens is 126 g/mol. The molecule has 0 atom stereocenters. The quantitative estimate of drug-likeness (QED) is 0.230. The van der Waals surface area contributed by atoms with Crippen LogP contribution in [0.15, 0.2) is 5.11 Å². The molecule has 0 aliphatic carbocycles. The Morgan fingerprint density at radius 1 is 1.50 bits per heavy atom. The summed E-state index contributed by atoms with van der Waals surface area (Å²) in [4.78, 5) is 2.58. The van der Waals surface area contributed by atoms with Crippen LogP contribution < -0.4 is 0 Å². The van der Waals surface area contributed by atoms with Crippen molar-refractivity contribution in [1.29, 1.82) is 0 Å². The maximum atomic E-state index is 7.89. The van der Waals surface area contributed by atoms with Gasteiger partial charge in [-0.15, -0.1) is 0 Å². The molecule has 0 aromatic heterocycles. The predicted octanol–water partition coefficient (Wildman–Crippen LogP) is 2.35. The van der Waals surface area contributed by atoms with Crippen LogP contribution in [0.5, 0.6) is 0 Å². The molecule has 0 aromatic carbocycles. The lowest BCUT2D eigenvalue weighted by Gasteiger charge is -2.06. The SMILES string of the molecule is CC(C)(C)C#CCN=[N+]=[N-]. The van der Waals surface area contributed by atoms with Gasteiger partial charge in [-0.3, -0.25) is 0 Å². The number of rotatable bonds is 1. The number of hydrogen-bond donors (Lipinski definition) is 0. The summed E-state index contributed by atoms with van der Waals surface area (Å²) >= 11 is 0. The van der Waals surface area contributed by atoms with Gasteiger partial charge < -0.3 is 0 Å². The summed E-state index contributed by atoms with van der Waals surface area (Å²) in [6.45, 7) is 6.30. The highest BCUT2D eigenvalue weighted by Gasteiger charge is 2.02. The van der Waals surface area contributed by atoms with E-state index in [1.165, 1.54) is 0 Å². The van der Waals surface area contributed by atoms with Crippen LogP contribution >= 0.6 is 0 Å². The van der Waals surface area contributed by atoms with E-state index < -0.39 is 0 Å². The summed E-state index contributed by atoms with van der Waals surface area (Å²) in [7, 11) is 0. The van der Waals surface area contributed by atoms with Gasteiger partial charge in [0.25, 0.3) is 0 Å². The van der Waals surface area contributed by atoms with E-state index in [1.807, 2.05) is 20.8 Å². The smallest absolute Gasteiger partial charge is 0.0877 e. The van der Waals surface area contributed by atoms with Crippen molar-refractivity contribution in [2.75, 3.05) is 6.54 Å². The summed E-state index contributed by atoms with van der Waals surface area (Å²) in [5.41, 5.74) is 7.89. The third kappa shape index (κ3) is 6.87. The maximum absolute atomic E-state index is 7.89. The lowest BCUT2D eigenvalue weighted by molar-refractivity contribution is 0.570. The van der Waals surface area contributed by atoms with Gasteiger partial charge in [0.2, 0.25) is 0 Å². The average molecular weight is 137 g/mol. The minimum absolute atomic E-state index is 0.00494. The van der Waals surface area contributed by atoms with E-state index in [1.54, 1.807) is 0 Å². The van der Waals surface area contributed by atoms with Crippen molar-refractivity contribution in [3.63, 3.8) is 0 Å². The Kier molecular flexibility index (Phi) is 3.38. The molecule has 0 aromatic rings. The molecule has 3 heteroatoms. The van der Waals surface area contributed by atoms with E-state index in [9.17, 15) is 0 Å². The van der Waals surface area contributed by atoms with Crippen LogP contribution in [0.1, 0.15) is 20.8 Å². The molecule has 0 rings (SSSR count). The molecule has 0 amide bonds. The number of hydrogen-bond acceptors (Lipinski definition) is 1. The molecule has 0 fully saturated rings. The van der Waals surface area contributed by atoms with Crippen LogP contribution in [0.3, 0.4) is 0 Å². The molecule has 0 spiro atoms. The van der Waals surface area contributed by atoms with Gasteiger partial charge >= 0.3 is 0 Å². The van der Waals surface area contributed by atoms with Crippen molar-refractivity contribution in [3.8, 4) is 11.8 Å². The van der Waals surface area contributed by atoms with Crippen LogP contribution in [0.4, 0.5) is 0 Å². The lowest BCUT2D eigenvalue weighted by atomic mass is 9.98. The number of azide groups is 1. The Balaban J connectivity index is 3.81. The van der Waals surface area contributed by atoms with Crippen molar-refractivity contribution in [2.45, 2.75) is 20.8 Å². The largest absolute Gasteiger partial charge is 0.0973 e. The van der Waals surface area contributed by atoms with Crippen LogP contribution in [0.25, 0.3) is 10.4 Å². The first-order valence-electron chi connectivity index (χ1n) is 3.07. The molecule has 0 unspecified atom stereocenters. The molecule has 54 valence electrons. The maximum Gasteiger partial charge on any atom is 0.0877 e. The highest BCUT2D eigenvalue weighted by molar-refractivity contribution is 5.08. The summed E-state index contributed by atoms with van der Waals surface area (Å²) in [6, 6.07) is 0. The van der Waals surface area contributed by atoms with Gasteiger partial charge in [-0.2, -0.15) is 0 Å². The Morgan fingerprint density at radius 2 is 2.10 bits per heavy atom. The topological polar surface area (TPSA) is 48.8 Å². The van der Waals surface area contributed by atoms with E-state index in [0.717, 1.165) is 0 Å². The Labute approximate surface area is 61.1 Å². The van der Waals surface area contributed by atoms with Crippen LogP contribution in [-0.2, 0) is 0 Å². The first-order chi connectivity index (χ1) is 4.56. The molecule has 0 saturated carbocycles. The van der Waals surface area contributed by atoms with Crippen molar-refractivity contribution >= 4 is 0 Å². The highest BCUT2D eigenvalue weighted by atomic mass is 15.1. The van der Waals surface area contributed by atoms with Crippen LogP contribution in [0.2, 0.25) is 0 Å². The third-order valence-electron chi connectivity index (χ3n) is 0.676. The Bertz CT molecular complexity index is 195. The molecule has 3 nitrogen and oxygen atoms in total. The molecule has 0 N–H and O–H groups in total. The zero-order valence-corrected chi connectivity index (χ0v) is 6.55. The molecule has 0 aliphatic heterocycles. The minimum Gasteiger partial charge on any atom is -0.0973 e. The number of nitrogens with zero attached hydrogens (tertiary/aromatic N) is 3. The molecule has 0 heterocycles. The first kappa shape index (κ1) is 8.87. The van der Waals surface area contributed by atoms with Gasteiger partial charge in [-0.25, -0.2) is 0 Å². The molecule has 0 bridgehead atoms. The van der Waals surface area contributed by atoms with Gasteiger partial charge in [0.15, 0.2) is 0 Å². The predicted molar refractivity (Wildman–Crippen MR) is 41.2 cm³/mol. The van der Waals surface area contributed by atoms with Crippen molar-refractivity contribution < 1.29 is 0 Å². The van der Waals surface area contributed by atoms with E-state index >= 15 is 0 Å². The minimum atomic E-state index is 0.00494. The van der Waals surface area contributed by atoms with Crippen molar-refractivity contribution in [3.05, 3.63) is 10.4 Å². The van der Waals surface area contributed by atoms with Crippen LogP contribution in [-0.4, -0.2) is 6.54 Å². The average Bonchev–Trinajstić information content (AvgIpc) is 1.78. The molecule has 0 radical (unpaired) electrons. The van der Waals surface area contributed by atoms with E-state index in [4.69, 9.17) is 5.53 Å². The molecule has 0 saturated heterocycles. The van der Waals surface area contributed by atoms with Crippen molar-refractivity contribution in [2.24, 2.45) is 10.5 Å². The van der Waals surface area contributed by atoms with Gasteiger partial charge in [0.1, 0.15) is 0 Å². The van der Waals surface area contributed by atoms with Gasteiger partial charge in [0.05, 0.1) is 6.54 Å². The normalized spacial score (nSPS) is 9.10. The summed E-state index contributed by atoms with van der Waals surface area (Å²) in [5.74, 6) is 5.70. The summed E-state index contributed by atoms with van der Waals surface area (Å²) in [5, 5.41) is 3.28. The summed E-state index contributed by atoms with van der Waals surface area (Å²) in [6.07, 6.45) is 0. The fourth-order valence-corrected chi connectivity index (χ4v) is 0.372. The van der Waals surface area contributed by atoms with Gasteiger partial charge in [-0.1, -0.05) is 17.0 Å². The van der Waals surface area contributed by atoms with E-state index in [2.05, 4.69) is 21.9 Å². The second kappa shape index (κ2) is 3.81.